The number of amides is 1. The van der Waals surface area contributed by atoms with Gasteiger partial charge in [0.1, 0.15) is 12.2 Å². The van der Waals surface area contributed by atoms with Crippen molar-refractivity contribution in [2.45, 2.75) is 13.0 Å². The Labute approximate surface area is 160 Å². The summed E-state index contributed by atoms with van der Waals surface area (Å²) >= 11 is 0. The molecule has 10 nitrogen and oxygen atoms in total. The van der Waals surface area contributed by atoms with Crippen molar-refractivity contribution in [2.75, 3.05) is 38.5 Å². The number of rotatable bonds is 8. The number of hydrogen-bond donors (Lipinski definition) is 2. The number of methoxy groups -OCH3 is 1. The Hall–Kier alpha value is -3.27. The highest BCUT2D eigenvalue weighted by Crippen LogP contribution is 2.21. The smallest absolute Gasteiger partial charge is 0.341 e. The van der Waals surface area contributed by atoms with E-state index >= 15 is 0 Å². The number of carboxylic acids is 1. The van der Waals surface area contributed by atoms with Crippen LogP contribution in [-0.2, 0) is 11.3 Å². The number of ether oxygens (including phenoxy) is 1. The second-order valence-corrected chi connectivity index (χ2v) is 6.43. The van der Waals surface area contributed by atoms with Gasteiger partial charge in [-0.25, -0.2) is 4.79 Å². The van der Waals surface area contributed by atoms with E-state index in [0.717, 1.165) is 12.7 Å². The summed E-state index contributed by atoms with van der Waals surface area (Å²) in [6, 6.07) is 3.84. The molecule has 0 atom stereocenters. The molecule has 0 bridgehead atoms. The van der Waals surface area contributed by atoms with E-state index in [4.69, 9.17) is 4.74 Å². The van der Waals surface area contributed by atoms with Gasteiger partial charge in [-0.2, -0.15) is 0 Å². The Morgan fingerprint density at radius 1 is 1.18 bits per heavy atom. The van der Waals surface area contributed by atoms with Crippen molar-refractivity contribution in [3.63, 3.8) is 0 Å². The molecule has 0 fully saturated rings. The van der Waals surface area contributed by atoms with Crippen molar-refractivity contribution in [1.29, 1.82) is 0 Å². The summed E-state index contributed by atoms with van der Waals surface area (Å²) in [4.78, 5) is 37.7. The van der Waals surface area contributed by atoms with Crippen LogP contribution in [0.1, 0.15) is 27.3 Å². The second-order valence-electron chi connectivity index (χ2n) is 6.43. The quantitative estimate of drug-likeness (QED) is 0.658. The van der Waals surface area contributed by atoms with Gasteiger partial charge in [0.05, 0.1) is 6.61 Å². The summed E-state index contributed by atoms with van der Waals surface area (Å²) in [6.07, 6.45) is 5.67. The molecule has 0 saturated heterocycles. The summed E-state index contributed by atoms with van der Waals surface area (Å²) in [5, 5.41) is 21.3. The third kappa shape index (κ3) is 3.72. The zero-order chi connectivity index (χ0) is 20.3. The number of fused-ring (bicyclic) bond motifs is 1. The minimum absolute atomic E-state index is 0.183. The number of carbonyl (C=O) groups is 2. The fourth-order valence-corrected chi connectivity index (χ4v) is 3.15. The van der Waals surface area contributed by atoms with Crippen molar-refractivity contribution >= 4 is 11.9 Å². The van der Waals surface area contributed by atoms with Crippen LogP contribution in [0.2, 0.25) is 0 Å². The maximum atomic E-state index is 12.8. The van der Waals surface area contributed by atoms with Crippen LogP contribution in [0.25, 0.3) is 0 Å². The van der Waals surface area contributed by atoms with E-state index in [-0.39, 0.29) is 18.9 Å². The van der Waals surface area contributed by atoms with Crippen molar-refractivity contribution in [3.8, 4) is 5.75 Å². The number of pyridine rings is 1. The van der Waals surface area contributed by atoms with Crippen molar-refractivity contribution < 1.29 is 24.5 Å². The minimum atomic E-state index is -1.46. The summed E-state index contributed by atoms with van der Waals surface area (Å²) in [7, 11) is 1.51. The number of aryl methyl sites for hydroxylation is 1. The molecule has 2 aromatic heterocycles. The lowest BCUT2D eigenvalue weighted by Gasteiger charge is -2.39. The van der Waals surface area contributed by atoms with Gasteiger partial charge in [0.2, 0.25) is 5.43 Å². The fourth-order valence-electron chi connectivity index (χ4n) is 3.15. The highest BCUT2D eigenvalue weighted by atomic mass is 16.5. The minimum Gasteiger partial charge on any atom is -0.502 e. The molecule has 3 rings (SSSR count). The number of carboxylic acid groups (broad SMARTS) is 1. The molecule has 1 aliphatic rings. The Bertz CT molecular complexity index is 921. The van der Waals surface area contributed by atoms with Crippen LogP contribution in [0, 0.1) is 0 Å². The maximum Gasteiger partial charge on any atom is 0.341 e. The van der Waals surface area contributed by atoms with Crippen molar-refractivity contribution in [1.82, 2.24) is 14.1 Å². The zero-order valence-electron chi connectivity index (χ0n) is 15.4. The van der Waals surface area contributed by atoms with Gasteiger partial charge in [0.25, 0.3) is 5.91 Å². The van der Waals surface area contributed by atoms with E-state index in [1.807, 2.05) is 29.1 Å². The number of aromatic carboxylic acids is 1. The largest absolute Gasteiger partial charge is 0.502 e. The average Bonchev–Trinajstić information content (AvgIpc) is 3.18. The third-order valence-corrected chi connectivity index (χ3v) is 4.59. The normalized spacial score (nSPS) is 13.7. The lowest BCUT2D eigenvalue weighted by molar-refractivity contribution is 0.0614. The number of nitrogens with zero attached hydrogens (tertiary/aromatic N) is 4. The van der Waals surface area contributed by atoms with E-state index in [1.165, 1.54) is 16.7 Å². The predicted molar refractivity (Wildman–Crippen MR) is 99.2 cm³/mol. The summed E-state index contributed by atoms with van der Waals surface area (Å²) in [5.41, 5.74) is -1.90. The van der Waals surface area contributed by atoms with Crippen LogP contribution in [0.4, 0.5) is 0 Å². The van der Waals surface area contributed by atoms with Gasteiger partial charge in [-0.15, -0.1) is 0 Å². The molecule has 0 unspecified atom stereocenters. The Kier molecular flexibility index (Phi) is 5.69. The van der Waals surface area contributed by atoms with Crippen molar-refractivity contribution in [2.24, 2.45) is 0 Å². The molecular formula is C18H22N4O6. The molecule has 0 aromatic carbocycles. The van der Waals surface area contributed by atoms with Crippen LogP contribution in [0.5, 0.6) is 5.75 Å². The first-order chi connectivity index (χ1) is 13.4. The Morgan fingerprint density at radius 3 is 2.54 bits per heavy atom. The first-order valence-corrected chi connectivity index (χ1v) is 8.80. The molecule has 3 heterocycles. The number of aromatic nitrogens is 2. The Balaban J connectivity index is 1.94. The topological polar surface area (TPSA) is 117 Å². The number of aromatic hydroxyl groups is 1. The third-order valence-electron chi connectivity index (χ3n) is 4.59. The monoisotopic (exact) mass is 390 g/mol. The summed E-state index contributed by atoms with van der Waals surface area (Å²) in [6.45, 7) is 1.95. The lowest BCUT2D eigenvalue weighted by atomic mass is 10.2. The highest BCUT2D eigenvalue weighted by Gasteiger charge is 2.34. The molecule has 2 N–H and O–H groups in total. The molecule has 10 heteroatoms. The van der Waals surface area contributed by atoms with Gasteiger partial charge in [-0.05, 0) is 18.6 Å². The molecule has 1 aliphatic heterocycles. The average molecular weight is 390 g/mol. The van der Waals surface area contributed by atoms with Gasteiger partial charge in [-0.3, -0.25) is 19.3 Å². The molecule has 0 spiro atoms. The molecule has 2 aromatic rings. The molecule has 0 radical (unpaired) electrons. The summed E-state index contributed by atoms with van der Waals surface area (Å²) < 4.78 is 8.31. The van der Waals surface area contributed by atoms with E-state index in [1.54, 1.807) is 5.01 Å². The number of carbonyl (C=O) groups excluding carboxylic acids is 1. The van der Waals surface area contributed by atoms with Crippen LogP contribution in [0.3, 0.4) is 0 Å². The van der Waals surface area contributed by atoms with Crippen molar-refractivity contribution in [3.05, 3.63) is 52.2 Å². The molecule has 28 heavy (non-hydrogen) atoms. The second kappa shape index (κ2) is 8.17. The van der Waals surface area contributed by atoms with Crippen LogP contribution < -0.4 is 10.4 Å². The van der Waals surface area contributed by atoms with Gasteiger partial charge < -0.3 is 24.4 Å². The molecule has 0 aliphatic carbocycles. The zero-order valence-corrected chi connectivity index (χ0v) is 15.4. The molecular weight excluding hydrogens is 368 g/mol. The SMILES string of the molecule is COCCN1CN(CCCn2cccc2)n2cc(C(=O)O)c(=O)c(O)c2C1=O. The number of hydrogen-bond acceptors (Lipinski definition) is 6. The predicted octanol–water partition coefficient (Wildman–Crippen LogP) is 0.142. The van der Waals surface area contributed by atoms with Gasteiger partial charge >= 0.3 is 5.97 Å². The van der Waals surface area contributed by atoms with Crippen LogP contribution in [-0.4, -0.2) is 69.7 Å². The standard InChI is InChI=1S/C18H22N4O6/c1-28-10-9-20-12-21(8-4-7-19-5-2-3-6-19)22-11-13(18(26)27)15(23)16(24)14(22)17(20)25/h2-3,5-6,11,24H,4,7-10,12H2,1H3,(H,26,27). The van der Waals surface area contributed by atoms with Gasteiger partial charge in [-0.1, -0.05) is 0 Å². The van der Waals surface area contributed by atoms with Crippen LogP contribution >= 0.6 is 0 Å². The molecule has 0 saturated carbocycles. The first-order valence-electron chi connectivity index (χ1n) is 8.80. The van der Waals surface area contributed by atoms with Gasteiger partial charge in [0.15, 0.2) is 11.4 Å². The molecule has 150 valence electrons. The summed E-state index contributed by atoms with van der Waals surface area (Å²) in [5.74, 6) is -2.87. The fraction of sp³-hybridized carbons (Fsp3) is 0.389. The molecule has 1 amide bonds. The Morgan fingerprint density at radius 2 is 1.89 bits per heavy atom. The maximum absolute atomic E-state index is 12.8. The van der Waals surface area contributed by atoms with Crippen LogP contribution in [0.15, 0.2) is 35.5 Å². The van der Waals surface area contributed by atoms with E-state index in [2.05, 4.69) is 0 Å². The highest BCUT2D eigenvalue weighted by molar-refractivity contribution is 5.97. The lowest BCUT2D eigenvalue weighted by Crippen LogP contribution is -2.55. The van der Waals surface area contributed by atoms with Gasteiger partial charge in [0, 0.05) is 45.3 Å². The van der Waals surface area contributed by atoms with E-state index < -0.39 is 28.6 Å². The first kappa shape index (κ1) is 19.5. The van der Waals surface area contributed by atoms with E-state index in [9.17, 15) is 24.6 Å². The van der Waals surface area contributed by atoms with E-state index in [0.29, 0.717) is 19.6 Å².